The zero-order valence-corrected chi connectivity index (χ0v) is 16.1. The number of piperidine rings is 1. The van der Waals surface area contributed by atoms with Gasteiger partial charge in [0.2, 0.25) is 0 Å². The second kappa shape index (κ2) is 9.08. The van der Waals surface area contributed by atoms with Gasteiger partial charge in [0.25, 0.3) is 0 Å². The predicted molar refractivity (Wildman–Crippen MR) is 103 cm³/mol. The van der Waals surface area contributed by atoms with Crippen molar-refractivity contribution in [2.45, 2.75) is 58.1 Å². The molecule has 3 N–H and O–H groups in total. The van der Waals surface area contributed by atoms with Gasteiger partial charge in [-0.1, -0.05) is 13.8 Å². The van der Waals surface area contributed by atoms with Gasteiger partial charge in [0.05, 0.1) is 24.0 Å². The van der Waals surface area contributed by atoms with Gasteiger partial charge in [-0.2, -0.15) is 5.10 Å². The lowest BCUT2D eigenvalue weighted by Crippen LogP contribution is -2.51. The van der Waals surface area contributed by atoms with Crippen molar-refractivity contribution >= 4 is 11.6 Å². The number of anilines is 1. The first-order chi connectivity index (χ1) is 12.0. The van der Waals surface area contributed by atoms with Crippen molar-refractivity contribution in [3.8, 4) is 0 Å². The number of aliphatic hydroxyl groups is 1. The van der Waals surface area contributed by atoms with Gasteiger partial charge in [-0.15, -0.1) is 0 Å². The Kier molecular flexibility index (Phi) is 7.11. The number of rotatable bonds is 7. The van der Waals surface area contributed by atoms with Crippen LogP contribution in [0.15, 0.2) is 17.4 Å². The highest BCUT2D eigenvalue weighted by Gasteiger charge is 2.24. The standard InChI is InChI=1S/C18H34N6O/c1-5-18(25,6-2)14-20-17(19-7-3)22-15-9-8-10-24(12-15)16-11-21-23(4)13-16/h11,13,15,25H,5-10,12,14H2,1-4H3,(H2,19,20,22). The molecule has 25 heavy (non-hydrogen) atoms. The molecule has 0 amide bonds. The van der Waals surface area contributed by atoms with Crippen LogP contribution in [-0.2, 0) is 7.05 Å². The molecule has 0 spiro atoms. The van der Waals surface area contributed by atoms with E-state index in [-0.39, 0.29) is 0 Å². The lowest BCUT2D eigenvalue weighted by molar-refractivity contribution is 0.0417. The number of nitrogens with one attached hydrogen (secondary N) is 2. The third-order valence-corrected chi connectivity index (χ3v) is 5.01. The minimum absolute atomic E-state index is 0.336. The van der Waals surface area contributed by atoms with Gasteiger partial charge in [0, 0.05) is 38.9 Å². The van der Waals surface area contributed by atoms with E-state index in [2.05, 4.69) is 38.7 Å². The largest absolute Gasteiger partial charge is 0.388 e. The molecule has 1 aliphatic rings. The van der Waals surface area contributed by atoms with Crippen molar-refractivity contribution in [3.63, 3.8) is 0 Å². The topological polar surface area (TPSA) is 77.7 Å². The summed E-state index contributed by atoms with van der Waals surface area (Å²) in [6.45, 7) is 9.30. The number of hydrogen-bond donors (Lipinski definition) is 3. The van der Waals surface area contributed by atoms with Crippen molar-refractivity contribution < 1.29 is 5.11 Å². The van der Waals surface area contributed by atoms with E-state index in [1.807, 2.05) is 31.8 Å². The summed E-state index contributed by atoms with van der Waals surface area (Å²) >= 11 is 0. The Labute approximate surface area is 151 Å². The Balaban J connectivity index is 1.98. The van der Waals surface area contributed by atoms with Crippen LogP contribution in [0.4, 0.5) is 5.69 Å². The summed E-state index contributed by atoms with van der Waals surface area (Å²) in [5.41, 5.74) is 0.457. The number of nitrogens with zero attached hydrogens (tertiary/aromatic N) is 4. The van der Waals surface area contributed by atoms with Crippen LogP contribution in [0, 0.1) is 0 Å². The smallest absolute Gasteiger partial charge is 0.191 e. The molecule has 1 aromatic heterocycles. The molecule has 1 atom stereocenters. The van der Waals surface area contributed by atoms with Gasteiger partial charge in [-0.3, -0.25) is 9.67 Å². The second-order valence-electron chi connectivity index (χ2n) is 6.93. The first kappa shape index (κ1) is 19.6. The molecule has 0 aromatic carbocycles. The molecular weight excluding hydrogens is 316 g/mol. The molecule has 7 nitrogen and oxygen atoms in total. The molecule has 1 fully saturated rings. The zero-order chi connectivity index (χ0) is 18.3. The average Bonchev–Trinajstić information content (AvgIpc) is 3.06. The van der Waals surface area contributed by atoms with Gasteiger partial charge < -0.3 is 20.6 Å². The van der Waals surface area contributed by atoms with Crippen molar-refractivity contribution in [2.24, 2.45) is 12.0 Å². The van der Waals surface area contributed by atoms with E-state index in [9.17, 15) is 5.11 Å². The second-order valence-corrected chi connectivity index (χ2v) is 6.93. The quantitative estimate of drug-likeness (QED) is 0.513. The van der Waals surface area contributed by atoms with Gasteiger partial charge in [0.15, 0.2) is 5.96 Å². The lowest BCUT2D eigenvalue weighted by atomic mass is 9.98. The van der Waals surface area contributed by atoms with Crippen molar-refractivity contribution in [2.75, 3.05) is 31.1 Å². The molecule has 0 saturated carbocycles. The van der Waals surface area contributed by atoms with Crippen molar-refractivity contribution in [1.82, 2.24) is 20.4 Å². The van der Waals surface area contributed by atoms with Crippen molar-refractivity contribution in [3.05, 3.63) is 12.4 Å². The monoisotopic (exact) mass is 350 g/mol. The summed E-state index contributed by atoms with van der Waals surface area (Å²) in [5, 5.41) is 21.6. The number of guanidine groups is 1. The van der Waals surface area contributed by atoms with E-state index >= 15 is 0 Å². The molecule has 1 aliphatic heterocycles. The highest BCUT2D eigenvalue weighted by Crippen LogP contribution is 2.19. The Morgan fingerprint density at radius 3 is 2.76 bits per heavy atom. The molecule has 0 bridgehead atoms. The number of aliphatic imine (C=N–C) groups is 1. The van der Waals surface area contributed by atoms with Crippen LogP contribution in [0.1, 0.15) is 46.5 Å². The fourth-order valence-corrected chi connectivity index (χ4v) is 3.11. The van der Waals surface area contributed by atoms with E-state index in [0.717, 1.165) is 38.4 Å². The molecule has 0 radical (unpaired) electrons. The van der Waals surface area contributed by atoms with Crippen molar-refractivity contribution in [1.29, 1.82) is 0 Å². The molecule has 0 aliphatic carbocycles. The van der Waals surface area contributed by atoms with E-state index in [4.69, 9.17) is 0 Å². The van der Waals surface area contributed by atoms with E-state index in [0.29, 0.717) is 25.4 Å². The Morgan fingerprint density at radius 2 is 2.16 bits per heavy atom. The maximum atomic E-state index is 10.5. The maximum Gasteiger partial charge on any atom is 0.191 e. The fourth-order valence-electron chi connectivity index (χ4n) is 3.11. The molecule has 1 unspecified atom stereocenters. The molecule has 2 heterocycles. The summed E-state index contributed by atoms with van der Waals surface area (Å²) in [5.74, 6) is 0.792. The van der Waals surface area contributed by atoms with Crippen LogP contribution >= 0.6 is 0 Å². The van der Waals surface area contributed by atoms with E-state index in [1.165, 1.54) is 5.69 Å². The lowest BCUT2D eigenvalue weighted by Gasteiger charge is -2.34. The van der Waals surface area contributed by atoms with E-state index in [1.54, 1.807) is 0 Å². The first-order valence-electron chi connectivity index (χ1n) is 9.50. The minimum atomic E-state index is -0.712. The van der Waals surface area contributed by atoms with Crippen LogP contribution in [0.3, 0.4) is 0 Å². The van der Waals surface area contributed by atoms with Gasteiger partial charge in [-0.25, -0.2) is 0 Å². The van der Waals surface area contributed by atoms with Crippen LogP contribution in [0.25, 0.3) is 0 Å². The summed E-state index contributed by atoms with van der Waals surface area (Å²) in [7, 11) is 1.95. The van der Waals surface area contributed by atoms with Crippen LogP contribution in [0.2, 0.25) is 0 Å². The first-order valence-corrected chi connectivity index (χ1v) is 9.50. The van der Waals surface area contributed by atoms with Gasteiger partial charge in [0.1, 0.15) is 0 Å². The summed E-state index contributed by atoms with van der Waals surface area (Å²) in [4.78, 5) is 7.00. The van der Waals surface area contributed by atoms with Crippen LogP contribution in [0.5, 0.6) is 0 Å². The normalized spacial score (nSPS) is 19.2. The average molecular weight is 351 g/mol. The third-order valence-electron chi connectivity index (χ3n) is 5.01. The highest BCUT2D eigenvalue weighted by atomic mass is 16.3. The number of aryl methyl sites for hydroxylation is 1. The fraction of sp³-hybridized carbons (Fsp3) is 0.778. The minimum Gasteiger partial charge on any atom is -0.388 e. The molecule has 1 aromatic rings. The molecule has 142 valence electrons. The number of hydrogen-bond acceptors (Lipinski definition) is 4. The number of aromatic nitrogens is 2. The Hall–Kier alpha value is -1.76. The van der Waals surface area contributed by atoms with Crippen LogP contribution < -0.4 is 15.5 Å². The Bertz CT molecular complexity index is 552. The summed E-state index contributed by atoms with van der Waals surface area (Å²) < 4.78 is 1.84. The molecule has 7 heteroatoms. The molecule has 2 rings (SSSR count). The SMILES string of the molecule is CCNC(=NCC(O)(CC)CC)NC1CCCN(c2cnn(C)c2)C1. The molecular formula is C18H34N6O. The summed E-state index contributed by atoms with van der Waals surface area (Å²) in [6.07, 6.45) is 7.66. The zero-order valence-electron chi connectivity index (χ0n) is 16.1. The predicted octanol–water partition coefficient (Wildman–Crippen LogP) is 1.50. The summed E-state index contributed by atoms with van der Waals surface area (Å²) in [6, 6.07) is 0.336. The Morgan fingerprint density at radius 1 is 1.40 bits per heavy atom. The van der Waals surface area contributed by atoms with Crippen LogP contribution in [-0.4, -0.2) is 58.7 Å². The van der Waals surface area contributed by atoms with Gasteiger partial charge >= 0.3 is 0 Å². The maximum absolute atomic E-state index is 10.5. The highest BCUT2D eigenvalue weighted by molar-refractivity contribution is 5.80. The third kappa shape index (κ3) is 5.63. The molecule has 1 saturated heterocycles. The van der Waals surface area contributed by atoms with E-state index < -0.39 is 5.60 Å². The van der Waals surface area contributed by atoms with Gasteiger partial charge in [-0.05, 0) is 32.6 Å².